The third-order valence-electron chi connectivity index (χ3n) is 4.92. The predicted octanol–water partition coefficient (Wildman–Crippen LogP) is 4.19. The highest BCUT2D eigenvalue weighted by atomic mass is 16.4. The summed E-state index contributed by atoms with van der Waals surface area (Å²) in [6.45, 7) is 0. The monoisotopic (exact) mass is 308 g/mol. The summed E-state index contributed by atoms with van der Waals surface area (Å²) >= 11 is 0. The minimum absolute atomic E-state index is 0.0948. The van der Waals surface area contributed by atoms with Crippen LogP contribution in [0.5, 0.6) is 0 Å². The SMILES string of the molecule is N=Cc1cc2ccccc2c([C@@H]2CCCC[C@H]2C(=O)O)c1C=N. The highest BCUT2D eigenvalue weighted by Gasteiger charge is 2.34. The fraction of sp³-hybridized carbons (Fsp3) is 0.316. The number of carboxylic acids is 1. The molecule has 0 heterocycles. The van der Waals surface area contributed by atoms with Gasteiger partial charge in [0.15, 0.2) is 0 Å². The van der Waals surface area contributed by atoms with Gasteiger partial charge in [0, 0.05) is 23.6 Å². The summed E-state index contributed by atoms with van der Waals surface area (Å²) in [7, 11) is 0. The molecule has 3 rings (SSSR count). The summed E-state index contributed by atoms with van der Waals surface area (Å²) in [5.41, 5.74) is 2.31. The molecule has 2 aromatic rings. The van der Waals surface area contributed by atoms with Crippen molar-refractivity contribution in [2.45, 2.75) is 31.6 Å². The molecule has 0 unspecified atom stereocenters. The minimum atomic E-state index is -0.755. The molecule has 1 aliphatic carbocycles. The maximum absolute atomic E-state index is 11.7. The highest BCUT2D eigenvalue weighted by Crippen LogP contribution is 2.42. The van der Waals surface area contributed by atoms with Crippen molar-refractivity contribution in [3.05, 3.63) is 47.0 Å². The zero-order valence-electron chi connectivity index (χ0n) is 12.9. The van der Waals surface area contributed by atoms with Crippen molar-refractivity contribution in [2.24, 2.45) is 5.92 Å². The fourth-order valence-electron chi connectivity index (χ4n) is 3.87. The van der Waals surface area contributed by atoms with Crippen molar-refractivity contribution < 1.29 is 9.90 Å². The van der Waals surface area contributed by atoms with E-state index in [0.717, 1.165) is 35.6 Å². The molecule has 0 spiro atoms. The van der Waals surface area contributed by atoms with Gasteiger partial charge in [-0.05, 0) is 41.2 Å². The van der Waals surface area contributed by atoms with E-state index in [1.807, 2.05) is 30.3 Å². The van der Waals surface area contributed by atoms with E-state index in [1.165, 1.54) is 12.4 Å². The zero-order chi connectivity index (χ0) is 16.4. The van der Waals surface area contributed by atoms with E-state index < -0.39 is 11.9 Å². The molecule has 3 N–H and O–H groups in total. The predicted molar refractivity (Wildman–Crippen MR) is 92.1 cm³/mol. The Labute approximate surface area is 135 Å². The summed E-state index contributed by atoms with van der Waals surface area (Å²) in [6.07, 6.45) is 5.99. The van der Waals surface area contributed by atoms with E-state index in [0.29, 0.717) is 17.5 Å². The van der Waals surface area contributed by atoms with E-state index in [9.17, 15) is 9.90 Å². The number of rotatable bonds is 4. The second-order valence-corrected chi connectivity index (χ2v) is 6.14. The van der Waals surface area contributed by atoms with Crippen LogP contribution in [0.3, 0.4) is 0 Å². The number of hydrogen-bond acceptors (Lipinski definition) is 3. The van der Waals surface area contributed by atoms with Gasteiger partial charge in [0.2, 0.25) is 0 Å². The molecular formula is C19H20N2O2. The second kappa shape index (κ2) is 6.32. The van der Waals surface area contributed by atoms with Crippen molar-refractivity contribution in [3.8, 4) is 0 Å². The van der Waals surface area contributed by atoms with Crippen LogP contribution in [0.15, 0.2) is 30.3 Å². The molecule has 118 valence electrons. The Bertz CT molecular complexity index is 782. The van der Waals surface area contributed by atoms with Gasteiger partial charge in [-0.15, -0.1) is 0 Å². The number of nitrogens with one attached hydrogen (secondary N) is 2. The van der Waals surface area contributed by atoms with Crippen molar-refractivity contribution in [1.82, 2.24) is 0 Å². The molecule has 1 saturated carbocycles. The van der Waals surface area contributed by atoms with E-state index in [1.54, 1.807) is 0 Å². The van der Waals surface area contributed by atoms with Gasteiger partial charge in [0.1, 0.15) is 0 Å². The molecule has 0 bridgehead atoms. The first-order valence-electron chi connectivity index (χ1n) is 7.96. The Morgan fingerprint density at radius 2 is 1.87 bits per heavy atom. The molecule has 23 heavy (non-hydrogen) atoms. The maximum Gasteiger partial charge on any atom is 0.307 e. The van der Waals surface area contributed by atoms with Crippen molar-refractivity contribution in [2.75, 3.05) is 0 Å². The van der Waals surface area contributed by atoms with Gasteiger partial charge in [-0.1, -0.05) is 37.1 Å². The molecule has 0 saturated heterocycles. The van der Waals surface area contributed by atoms with Gasteiger partial charge in [0.05, 0.1) is 5.92 Å². The average Bonchev–Trinajstić information content (AvgIpc) is 2.59. The lowest BCUT2D eigenvalue weighted by molar-refractivity contribution is -0.143. The molecule has 0 amide bonds. The van der Waals surface area contributed by atoms with Crippen LogP contribution in [0.25, 0.3) is 10.8 Å². The molecule has 4 nitrogen and oxygen atoms in total. The lowest BCUT2D eigenvalue weighted by atomic mass is 9.72. The van der Waals surface area contributed by atoms with Crippen LogP contribution in [-0.2, 0) is 4.79 Å². The van der Waals surface area contributed by atoms with Gasteiger partial charge in [-0.25, -0.2) is 0 Å². The number of benzene rings is 2. The Kier molecular flexibility index (Phi) is 4.24. The van der Waals surface area contributed by atoms with Crippen LogP contribution in [0, 0.1) is 16.7 Å². The quantitative estimate of drug-likeness (QED) is 0.740. The van der Waals surface area contributed by atoms with Crippen molar-refractivity contribution in [3.63, 3.8) is 0 Å². The number of fused-ring (bicyclic) bond motifs is 1. The normalized spacial score (nSPS) is 21.0. The number of carboxylic acid groups (broad SMARTS) is 1. The van der Waals surface area contributed by atoms with Gasteiger partial charge < -0.3 is 15.9 Å². The first-order chi connectivity index (χ1) is 11.2. The molecule has 2 aromatic carbocycles. The van der Waals surface area contributed by atoms with E-state index in [4.69, 9.17) is 10.8 Å². The number of aliphatic carboxylic acids is 1. The Balaban J connectivity index is 2.31. The van der Waals surface area contributed by atoms with Crippen LogP contribution in [0.1, 0.15) is 48.3 Å². The molecule has 0 aliphatic heterocycles. The summed E-state index contributed by atoms with van der Waals surface area (Å²) in [4.78, 5) is 11.7. The van der Waals surface area contributed by atoms with Crippen LogP contribution in [0.4, 0.5) is 0 Å². The smallest absolute Gasteiger partial charge is 0.307 e. The van der Waals surface area contributed by atoms with Gasteiger partial charge in [-0.2, -0.15) is 0 Å². The summed E-state index contributed by atoms with van der Waals surface area (Å²) in [5, 5.41) is 27.1. The van der Waals surface area contributed by atoms with E-state index in [-0.39, 0.29) is 5.92 Å². The fourth-order valence-corrected chi connectivity index (χ4v) is 3.87. The summed E-state index contributed by atoms with van der Waals surface area (Å²) < 4.78 is 0. The molecule has 0 aromatic heterocycles. The Morgan fingerprint density at radius 3 is 2.57 bits per heavy atom. The topological polar surface area (TPSA) is 85.0 Å². The third kappa shape index (κ3) is 2.65. The molecule has 4 heteroatoms. The Morgan fingerprint density at radius 1 is 1.13 bits per heavy atom. The first-order valence-corrected chi connectivity index (χ1v) is 7.96. The number of hydrogen-bond donors (Lipinski definition) is 3. The average molecular weight is 308 g/mol. The lowest BCUT2D eigenvalue weighted by Gasteiger charge is -2.31. The number of carbonyl (C=O) groups is 1. The van der Waals surface area contributed by atoms with Crippen LogP contribution in [0.2, 0.25) is 0 Å². The second-order valence-electron chi connectivity index (χ2n) is 6.14. The van der Waals surface area contributed by atoms with Gasteiger partial charge in [-0.3, -0.25) is 4.79 Å². The van der Waals surface area contributed by atoms with Crippen LogP contribution in [-0.4, -0.2) is 23.5 Å². The summed E-state index contributed by atoms with van der Waals surface area (Å²) in [6, 6.07) is 9.78. The van der Waals surface area contributed by atoms with Gasteiger partial charge in [0.25, 0.3) is 0 Å². The molecule has 0 radical (unpaired) electrons. The highest BCUT2D eigenvalue weighted by molar-refractivity contribution is 6.03. The van der Waals surface area contributed by atoms with Crippen molar-refractivity contribution in [1.29, 1.82) is 10.8 Å². The first kappa shape index (κ1) is 15.4. The van der Waals surface area contributed by atoms with Gasteiger partial charge >= 0.3 is 5.97 Å². The summed E-state index contributed by atoms with van der Waals surface area (Å²) in [5.74, 6) is -1.26. The molecule has 1 aliphatic rings. The third-order valence-corrected chi connectivity index (χ3v) is 4.92. The maximum atomic E-state index is 11.7. The molecule has 2 atom stereocenters. The van der Waals surface area contributed by atoms with E-state index >= 15 is 0 Å². The largest absolute Gasteiger partial charge is 0.481 e. The van der Waals surface area contributed by atoms with Crippen molar-refractivity contribution >= 4 is 29.2 Å². The standard InChI is InChI=1S/C19H20N2O2/c20-10-13-9-12-5-1-2-6-14(12)18(17(13)11-21)15-7-3-4-8-16(15)19(22)23/h1-2,5-6,9-11,15-16,20-21H,3-4,7-8H2,(H,22,23)/t15-,16-/m1/s1. The van der Waals surface area contributed by atoms with Crippen LogP contribution >= 0.6 is 0 Å². The minimum Gasteiger partial charge on any atom is -0.481 e. The molecule has 1 fully saturated rings. The zero-order valence-corrected chi connectivity index (χ0v) is 12.9. The van der Waals surface area contributed by atoms with E-state index in [2.05, 4.69) is 0 Å². The lowest BCUT2D eigenvalue weighted by Crippen LogP contribution is -2.26. The van der Waals surface area contributed by atoms with Crippen LogP contribution < -0.4 is 0 Å². The molecular weight excluding hydrogens is 288 g/mol. The Hall–Kier alpha value is -2.49.